The third kappa shape index (κ3) is 4.15. The highest BCUT2D eigenvalue weighted by Gasteiger charge is 2.13. The summed E-state index contributed by atoms with van der Waals surface area (Å²) in [4.78, 5) is 22.9. The number of anilines is 4. The maximum absolute atomic E-state index is 12.4. The number of hydrogen-bond donors (Lipinski definition) is 2. The molecule has 2 aromatic heterocycles. The van der Waals surface area contributed by atoms with Gasteiger partial charge in [-0.05, 0) is 38.1 Å². The molecule has 3 rings (SSSR count). The fourth-order valence-electron chi connectivity index (χ4n) is 2.34. The van der Waals surface area contributed by atoms with Crippen LogP contribution in [0.1, 0.15) is 22.1 Å². The fraction of sp³-hybridized carbons (Fsp3) is 0.222. The SMILES string of the molecule is Cc1nc(Nc2ccc(N(C)C)cc2)cc(C(=O)Nc2cc(C)on2)n1. The Morgan fingerprint density at radius 1 is 1.04 bits per heavy atom. The summed E-state index contributed by atoms with van der Waals surface area (Å²) in [5.74, 6) is 1.60. The van der Waals surface area contributed by atoms with Crippen molar-refractivity contribution in [3.63, 3.8) is 0 Å². The highest BCUT2D eigenvalue weighted by molar-refractivity contribution is 6.02. The Hall–Kier alpha value is -3.42. The standard InChI is InChI=1S/C18H20N6O2/c1-11-9-17(23-26-11)22-18(25)15-10-16(20-12(2)19-15)21-13-5-7-14(8-6-13)24(3)4/h5-10H,1-4H3,(H,19,20,21)(H,22,23,25). The van der Waals surface area contributed by atoms with Gasteiger partial charge in [0.25, 0.3) is 5.91 Å². The highest BCUT2D eigenvalue weighted by atomic mass is 16.5. The number of benzene rings is 1. The molecule has 26 heavy (non-hydrogen) atoms. The summed E-state index contributed by atoms with van der Waals surface area (Å²) in [6, 6.07) is 11.1. The van der Waals surface area contributed by atoms with Crippen molar-refractivity contribution in [2.75, 3.05) is 29.6 Å². The van der Waals surface area contributed by atoms with Gasteiger partial charge in [-0.15, -0.1) is 0 Å². The molecule has 1 amide bonds. The van der Waals surface area contributed by atoms with Crippen molar-refractivity contribution in [2.24, 2.45) is 0 Å². The van der Waals surface area contributed by atoms with Gasteiger partial charge in [-0.2, -0.15) is 0 Å². The molecule has 0 aliphatic heterocycles. The summed E-state index contributed by atoms with van der Waals surface area (Å²) >= 11 is 0. The lowest BCUT2D eigenvalue weighted by molar-refractivity contribution is 0.102. The van der Waals surface area contributed by atoms with Crippen molar-refractivity contribution >= 4 is 28.9 Å². The van der Waals surface area contributed by atoms with Gasteiger partial charge in [0.2, 0.25) is 0 Å². The van der Waals surface area contributed by atoms with Crippen molar-refractivity contribution in [1.82, 2.24) is 15.1 Å². The quantitative estimate of drug-likeness (QED) is 0.728. The summed E-state index contributed by atoms with van der Waals surface area (Å²) < 4.78 is 4.94. The zero-order valence-electron chi connectivity index (χ0n) is 15.1. The first-order chi connectivity index (χ1) is 12.4. The molecule has 0 aliphatic carbocycles. The largest absolute Gasteiger partial charge is 0.378 e. The summed E-state index contributed by atoms with van der Waals surface area (Å²) in [7, 11) is 3.97. The van der Waals surface area contributed by atoms with Crippen LogP contribution in [0.15, 0.2) is 40.9 Å². The highest BCUT2D eigenvalue weighted by Crippen LogP contribution is 2.20. The van der Waals surface area contributed by atoms with Crippen molar-refractivity contribution in [2.45, 2.75) is 13.8 Å². The fourth-order valence-corrected chi connectivity index (χ4v) is 2.34. The minimum absolute atomic E-state index is 0.241. The summed E-state index contributed by atoms with van der Waals surface area (Å²) in [6.45, 7) is 3.48. The maximum Gasteiger partial charge on any atom is 0.275 e. The molecule has 0 saturated carbocycles. The molecule has 2 heterocycles. The number of hydrogen-bond acceptors (Lipinski definition) is 7. The second kappa shape index (κ2) is 7.22. The van der Waals surface area contributed by atoms with E-state index in [-0.39, 0.29) is 11.6 Å². The number of aryl methyl sites for hydroxylation is 2. The first-order valence-corrected chi connectivity index (χ1v) is 8.05. The number of aromatic nitrogens is 3. The van der Waals surface area contributed by atoms with Gasteiger partial charge in [-0.3, -0.25) is 4.79 Å². The first-order valence-electron chi connectivity index (χ1n) is 8.05. The number of carbonyl (C=O) groups is 1. The Kier molecular flexibility index (Phi) is 4.83. The average Bonchev–Trinajstić information content (AvgIpc) is 2.99. The molecule has 3 aromatic rings. The van der Waals surface area contributed by atoms with E-state index in [2.05, 4.69) is 25.8 Å². The van der Waals surface area contributed by atoms with Crippen LogP contribution in [0.2, 0.25) is 0 Å². The monoisotopic (exact) mass is 352 g/mol. The molecule has 1 aromatic carbocycles. The predicted octanol–water partition coefficient (Wildman–Crippen LogP) is 3.14. The minimum atomic E-state index is -0.380. The van der Waals surface area contributed by atoms with Gasteiger partial charge >= 0.3 is 0 Å². The third-order valence-corrected chi connectivity index (χ3v) is 3.60. The number of carbonyl (C=O) groups excluding carboxylic acids is 1. The molecule has 0 saturated heterocycles. The smallest absolute Gasteiger partial charge is 0.275 e. The molecule has 8 heteroatoms. The zero-order chi connectivity index (χ0) is 18.7. The number of nitrogens with one attached hydrogen (secondary N) is 2. The molecule has 0 spiro atoms. The van der Waals surface area contributed by atoms with E-state index < -0.39 is 0 Å². The van der Waals surface area contributed by atoms with E-state index in [1.807, 2.05) is 43.3 Å². The number of rotatable bonds is 5. The predicted molar refractivity (Wildman–Crippen MR) is 100 cm³/mol. The van der Waals surface area contributed by atoms with E-state index in [9.17, 15) is 4.79 Å². The molecule has 8 nitrogen and oxygen atoms in total. The molecular formula is C18H20N6O2. The molecule has 2 N–H and O–H groups in total. The second-order valence-electron chi connectivity index (χ2n) is 6.03. The molecule has 0 fully saturated rings. The van der Waals surface area contributed by atoms with Crippen LogP contribution in [0.5, 0.6) is 0 Å². The lowest BCUT2D eigenvalue weighted by atomic mass is 10.2. The van der Waals surface area contributed by atoms with Crippen LogP contribution in [0.3, 0.4) is 0 Å². The summed E-state index contributed by atoms with van der Waals surface area (Å²) in [5.41, 5.74) is 2.20. The Balaban J connectivity index is 1.77. The Bertz CT molecular complexity index is 918. The molecular weight excluding hydrogens is 332 g/mol. The first kappa shape index (κ1) is 17.4. The minimum Gasteiger partial charge on any atom is -0.378 e. The summed E-state index contributed by atoms with van der Waals surface area (Å²) in [5, 5.41) is 9.59. The van der Waals surface area contributed by atoms with Crippen molar-refractivity contribution in [3.05, 3.63) is 53.7 Å². The van der Waals surface area contributed by atoms with E-state index in [1.54, 1.807) is 26.0 Å². The summed E-state index contributed by atoms with van der Waals surface area (Å²) in [6.07, 6.45) is 0. The number of amides is 1. The van der Waals surface area contributed by atoms with Crippen molar-refractivity contribution in [3.8, 4) is 0 Å². The van der Waals surface area contributed by atoms with E-state index in [0.717, 1.165) is 11.4 Å². The second-order valence-corrected chi connectivity index (χ2v) is 6.03. The molecule has 0 atom stereocenters. The van der Waals surface area contributed by atoms with Crippen LogP contribution in [-0.4, -0.2) is 35.1 Å². The van der Waals surface area contributed by atoms with Gasteiger partial charge in [-0.1, -0.05) is 5.16 Å². The van der Waals surface area contributed by atoms with Crippen molar-refractivity contribution < 1.29 is 9.32 Å². The van der Waals surface area contributed by atoms with Crippen LogP contribution < -0.4 is 15.5 Å². The topological polar surface area (TPSA) is 96.2 Å². The Morgan fingerprint density at radius 3 is 2.38 bits per heavy atom. The normalized spacial score (nSPS) is 10.5. The molecule has 0 bridgehead atoms. The maximum atomic E-state index is 12.4. The molecule has 134 valence electrons. The molecule has 0 unspecified atom stereocenters. The van der Waals surface area contributed by atoms with Crippen LogP contribution in [0.25, 0.3) is 0 Å². The van der Waals surface area contributed by atoms with E-state index in [1.165, 1.54) is 0 Å². The molecule has 0 radical (unpaired) electrons. The zero-order valence-corrected chi connectivity index (χ0v) is 15.1. The van der Waals surface area contributed by atoms with Gasteiger partial charge in [0.05, 0.1) is 0 Å². The third-order valence-electron chi connectivity index (χ3n) is 3.60. The van der Waals surface area contributed by atoms with Gasteiger partial charge < -0.3 is 20.1 Å². The molecule has 0 aliphatic rings. The van der Waals surface area contributed by atoms with Gasteiger partial charge in [-0.25, -0.2) is 9.97 Å². The Morgan fingerprint density at radius 2 is 1.77 bits per heavy atom. The lowest BCUT2D eigenvalue weighted by Crippen LogP contribution is -2.15. The lowest BCUT2D eigenvalue weighted by Gasteiger charge is -2.13. The van der Waals surface area contributed by atoms with Crippen LogP contribution >= 0.6 is 0 Å². The van der Waals surface area contributed by atoms with E-state index >= 15 is 0 Å². The van der Waals surface area contributed by atoms with Crippen LogP contribution in [0.4, 0.5) is 23.0 Å². The van der Waals surface area contributed by atoms with E-state index in [0.29, 0.717) is 23.2 Å². The van der Waals surface area contributed by atoms with Gasteiger partial charge in [0, 0.05) is 37.6 Å². The van der Waals surface area contributed by atoms with Crippen molar-refractivity contribution in [1.29, 1.82) is 0 Å². The number of nitrogens with zero attached hydrogens (tertiary/aromatic N) is 4. The van der Waals surface area contributed by atoms with Crippen LogP contribution in [-0.2, 0) is 0 Å². The Labute approximate surface area is 151 Å². The van der Waals surface area contributed by atoms with Gasteiger partial charge in [0.1, 0.15) is 23.1 Å². The van der Waals surface area contributed by atoms with Crippen LogP contribution in [0, 0.1) is 13.8 Å². The van der Waals surface area contributed by atoms with E-state index in [4.69, 9.17) is 4.52 Å². The average molecular weight is 352 g/mol. The van der Waals surface area contributed by atoms with Gasteiger partial charge in [0.15, 0.2) is 5.82 Å².